The molecule has 1 aliphatic carbocycles. The molecule has 13 heteroatoms. The van der Waals surface area contributed by atoms with Gasteiger partial charge in [-0.15, -0.1) is 0 Å². The van der Waals surface area contributed by atoms with Crippen molar-refractivity contribution >= 4 is 23.7 Å². The molecule has 0 unspecified atom stereocenters. The van der Waals surface area contributed by atoms with Crippen LogP contribution in [0.4, 0.5) is 14.6 Å². The number of alkyl halides is 2. The summed E-state index contributed by atoms with van der Waals surface area (Å²) in [4.78, 5) is 53.3. The molecule has 1 aromatic rings. The lowest BCUT2D eigenvalue weighted by molar-refractivity contribution is -0.179. The Morgan fingerprint density at radius 2 is 1.84 bits per heavy atom. The van der Waals surface area contributed by atoms with Crippen molar-refractivity contribution in [2.45, 2.75) is 90.2 Å². The third kappa shape index (κ3) is 6.73. The number of ether oxygens (including phenoxy) is 3. The fourth-order valence-corrected chi connectivity index (χ4v) is 4.31. The molecule has 1 saturated heterocycles. The Balaban J connectivity index is 1.82. The van der Waals surface area contributed by atoms with Crippen LogP contribution in [0.25, 0.3) is 0 Å². The van der Waals surface area contributed by atoms with Crippen LogP contribution in [0.15, 0.2) is 17.1 Å². The second-order valence-electron chi connectivity index (χ2n) is 10.4. The van der Waals surface area contributed by atoms with E-state index in [1.165, 1.54) is 6.07 Å². The van der Waals surface area contributed by atoms with Crippen molar-refractivity contribution in [2.75, 3.05) is 11.9 Å². The molecule has 1 saturated carbocycles. The average Bonchev–Trinajstić information content (AvgIpc) is 3.11. The van der Waals surface area contributed by atoms with E-state index in [2.05, 4.69) is 10.3 Å². The summed E-state index contributed by atoms with van der Waals surface area (Å²) in [6, 6.07) is 0.0313. The number of anilines is 1. The first-order valence-electron chi connectivity index (χ1n) is 12.9. The number of carbonyl (C=O) groups excluding carboxylic acids is 3. The molecule has 2 heterocycles. The molecule has 212 valence electrons. The lowest BCUT2D eigenvalue weighted by atomic mass is 9.89. The highest BCUT2D eigenvalue weighted by atomic mass is 19.3. The van der Waals surface area contributed by atoms with Gasteiger partial charge in [-0.1, -0.05) is 47.0 Å². The predicted molar refractivity (Wildman–Crippen MR) is 131 cm³/mol. The summed E-state index contributed by atoms with van der Waals surface area (Å²) >= 11 is 0. The van der Waals surface area contributed by atoms with E-state index in [0.717, 1.165) is 38.3 Å². The van der Waals surface area contributed by atoms with E-state index in [1.54, 1.807) is 27.7 Å². The molecule has 3 rings (SSSR count). The summed E-state index contributed by atoms with van der Waals surface area (Å²) < 4.78 is 47.3. The van der Waals surface area contributed by atoms with Crippen molar-refractivity contribution < 1.29 is 37.4 Å². The maximum Gasteiger partial charge on any atom is 0.351 e. The van der Waals surface area contributed by atoms with Crippen LogP contribution in [0.5, 0.6) is 0 Å². The number of nitrogens with zero attached hydrogens (tertiary/aromatic N) is 2. The third-order valence-electron chi connectivity index (χ3n) is 6.75. The summed E-state index contributed by atoms with van der Waals surface area (Å²) in [6.07, 6.45) is -0.590. The lowest BCUT2D eigenvalue weighted by Crippen LogP contribution is -2.48. The zero-order chi connectivity index (χ0) is 28.2. The maximum absolute atomic E-state index is 15.6. The van der Waals surface area contributed by atoms with Gasteiger partial charge < -0.3 is 25.3 Å². The first kappa shape index (κ1) is 29.6. The Bertz CT molecular complexity index is 1070. The number of nitrogens with two attached hydrogens (primary N) is 1. The first-order chi connectivity index (χ1) is 17.8. The van der Waals surface area contributed by atoms with Gasteiger partial charge in [0.1, 0.15) is 24.6 Å². The number of aromatic nitrogens is 2. The number of nitrogens with one attached hydrogen (secondary N) is 1. The average molecular weight is 543 g/mol. The third-order valence-corrected chi connectivity index (χ3v) is 6.75. The molecule has 38 heavy (non-hydrogen) atoms. The summed E-state index contributed by atoms with van der Waals surface area (Å²) in [7, 11) is 0. The number of carbonyl (C=O) groups is 3. The van der Waals surface area contributed by atoms with E-state index >= 15 is 8.78 Å². The van der Waals surface area contributed by atoms with Crippen LogP contribution in [0, 0.1) is 17.8 Å². The smallest absolute Gasteiger partial charge is 0.351 e. The van der Waals surface area contributed by atoms with Crippen LogP contribution in [-0.2, 0) is 28.6 Å². The molecule has 1 aliphatic heterocycles. The van der Waals surface area contributed by atoms with Crippen LogP contribution < -0.4 is 16.7 Å². The SMILES string of the molecule is CC(C)C(=O)OC[C@H]1O[C@@H](n2ccc(NC(=O)C3CCCCC3)nc2=O)C(F)(F)[C@@H]1OC(=O)[C@@H](N)C(C)C. The van der Waals surface area contributed by atoms with Gasteiger partial charge in [-0.05, 0) is 24.8 Å². The molecule has 3 N–H and O–H groups in total. The Kier molecular flexibility index (Phi) is 9.58. The highest BCUT2D eigenvalue weighted by Gasteiger charge is 2.63. The van der Waals surface area contributed by atoms with Crippen molar-refractivity contribution in [2.24, 2.45) is 23.5 Å². The van der Waals surface area contributed by atoms with Gasteiger partial charge in [-0.2, -0.15) is 13.8 Å². The number of amides is 1. The zero-order valence-corrected chi connectivity index (χ0v) is 22.0. The summed E-state index contributed by atoms with van der Waals surface area (Å²) in [5.41, 5.74) is 4.66. The second kappa shape index (κ2) is 12.3. The number of halogens is 2. The van der Waals surface area contributed by atoms with Gasteiger partial charge in [0.15, 0.2) is 6.10 Å². The van der Waals surface area contributed by atoms with Crippen molar-refractivity contribution in [3.05, 3.63) is 22.7 Å². The van der Waals surface area contributed by atoms with Crippen LogP contribution in [-0.4, -0.2) is 58.2 Å². The standard InChI is InChI=1S/C25H36F2N4O7/c1-13(2)18(28)22(34)38-19-16(12-36-21(33)14(3)4)37-23(25(19,26)27)31-11-10-17(30-24(31)35)29-20(32)15-8-6-5-7-9-15/h10-11,13-16,18-19,23H,5-9,12,28H2,1-4H3,(H,29,30,32,35)/t16-,18+,19-,23-/m1/s1. The summed E-state index contributed by atoms with van der Waals surface area (Å²) in [6.45, 7) is 5.73. The number of esters is 2. The predicted octanol–water partition coefficient (Wildman–Crippen LogP) is 2.39. The summed E-state index contributed by atoms with van der Waals surface area (Å²) in [5, 5.41) is 2.57. The van der Waals surface area contributed by atoms with Crippen molar-refractivity contribution in [1.82, 2.24) is 9.55 Å². The molecule has 1 aromatic heterocycles. The molecular formula is C25H36F2N4O7. The second-order valence-corrected chi connectivity index (χ2v) is 10.4. The minimum absolute atomic E-state index is 0.0727. The molecule has 2 aliphatic rings. The van der Waals surface area contributed by atoms with E-state index in [9.17, 15) is 19.2 Å². The Morgan fingerprint density at radius 1 is 1.18 bits per heavy atom. The number of hydrogen-bond donors (Lipinski definition) is 2. The zero-order valence-electron chi connectivity index (χ0n) is 22.0. The minimum atomic E-state index is -3.92. The van der Waals surface area contributed by atoms with E-state index in [-0.39, 0.29) is 17.6 Å². The van der Waals surface area contributed by atoms with Crippen LogP contribution in [0.3, 0.4) is 0 Å². The van der Waals surface area contributed by atoms with Gasteiger partial charge >= 0.3 is 23.6 Å². The van der Waals surface area contributed by atoms with Crippen molar-refractivity contribution in [3.63, 3.8) is 0 Å². The Labute approximate surface area is 219 Å². The molecular weight excluding hydrogens is 506 g/mol. The molecule has 0 spiro atoms. The van der Waals surface area contributed by atoms with E-state index in [1.807, 2.05) is 0 Å². The van der Waals surface area contributed by atoms with Gasteiger partial charge in [-0.3, -0.25) is 19.0 Å². The molecule has 11 nitrogen and oxygen atoms in total. The van der Waals surface area contributed by atoms with Crippen LogP contribution >= 0.6 is 0 Å². The Hall–Kier alpha value is -2.93. The first-order valence-corrected chi connectivity index (χ1v) is 12.9. The Morgan fingerprint density at radius 3 is 2.42 bits per heavy atom. The molecule has 0 radical (unpaired) electrons. The molecule has 0 bridgehead atoms. The maximum atomic E-state index is 15.6. The highest BCUT2D eigenvalue weighted by Crippen LogP contribution is 2.44. The van der Waals surface area contributed by atoms with Crippen LogP contribution in [0.1, 0.15) is 66.0 Å². The van der Waals surface area contributed by atoms with E-state index < -0.39 is 66.5 Å². The number of hydrogen-bond acceptors (Lipinski definition) is 9. The van der Waals surface area contributed by atoms with Gasteiger partial charge in [0.2, 0.25) is 12.1 Å². The quantitative estimate of drug-likeness (QED) is 0.448. The van der Waals surface area contributed by atoms with Gasteiger partial charge in [-0.25, -0.2) is 4.79 Å². The molecule has 1 amide bonds. The van der Waals surface area contributed by atoms with Crippen LogP contribution in [0.2, 0.25) is 0 Å². The number of rotatable bonds is 9. The normalized spacial score (nSPS) is 24.3. The fraction of sp³-hybridized carbons (Fsp3) is 0.720. The lowest BCUT2D eigenvalue weighted by Gasteiger charge is -2.26. The fourth-order valence-electron chi connectivity index (χ4n) is 4.31. The highest BCUT2D eigenvalue weighted by molar-refractivity contribution is 5.91. The van der Waals surface area contributed by atoms with Gasteiger partial charge in [0, 0.05) is 12.1 Å². The van der Waals surface area contributed by atoms with Gasteiger partial charge in [0.25, 0.3) is 0 Å². The molecule has 2 fully saturated rings. The largest absolute Gasteiger partial charge is 0.463 e. The molecule has 4 atom stereocenters. The van der Waals surface area contributed by atoms with Gasteiger partial charge in [0.05, 0.1) is 5.92 Å². The van der Waals surface area contributed by atoms with Crippen molar-refractivity contribution in [1.29, 1.82) is 0 Å². The van der Waals surface area contributed by atoms with E-state index in [0.29, 0.717) is 4.57 Å². The van der Waals surface area contributed by atoms with E-state index in [4.69, 9.17) is 19.9 Å². The monoisotopic (exact) mass is 542 g/mol. The summed E-state index contributed by atoms with van der Waals surface area (Å²) in [5.74, 6) is -7.15. The topological polar surface area (TPSA) is 152 Å². The minimum Gasteiger partial charge on any atom is -0.463 e. The molecule has 0 aromatic carbocycles. The van der Waals surface area contributed by atoms with Crippen molar-refractivity contribution in [3.8, 4) is 0 Å².